The van der Waals surface area contributed by atoms with Crippen LogP contribution in [0.3, 0.4) is 0 Å². The van der Waals surface area contributed by atoms with Crippen LogP contribution >= 0.6 is 0 Å². The lowest BCUT2D eigenvalue weighted by Gasteiger charge is -2.25. The molecular formula is C20H27FN4O. The quantitative estimate of drug-likeness (QED) is 0.828. The Morgan fingerprint density at radius 3 is 2.46 bits per heavy atom. The van der Waals surface area contributed by atoms with Crippen molar-refractivity contribution in [2.45, 2.75) is 39.3 Å². The first kappa shape index (κ1) is 18.6. The molecule has 1 amide bonds. The van der Waals surface area contributed by atoms with Crippen molar-refractivity contribution in [3.05, 3.63) is 53.1 Å². The number of benzene rings is 1. The van der Waals surface area contributed by atoms with Gasteiger partial charge in [0.15, 0.2) is 0 Å². The van der Waals surface area contributed by atoms with E-state index in [0.717, 1.165) is 36.3 Å². The van der Waals surface area contributed by atoms with Crippen LogP contribution in [0.2, 0.25) is 0 Å². The first-order chi connectivity index (χ1) is 12.3. The lowest BCUT2D eigenvalue weighted by molar-refractivity contribution is -0.126. The lowest BCUT2D eigenvalue weighted by Crippen LogP contribution is -2.40. The highest BCUT2D eigenvalue weighted by molar-refractivity contribution is 5.83. The molecule has 0 bridgehead atoms. The van der Waals surface area contributed by atoms with Gasteiger partial charge in [0.05, 0.1) is 5.69 Å². The van der Waals surface area contributed by atoms with E-state index in [1.165, 1.54) is 12.1 Å². The zero-order chi connectivity index (χ0) is 18.9. The molecule has 26 heavy (non-hydrogen) atoms. The van der Waals surface area contributed by atoms with E-state index in [9.17, 15) is 9.18 Å². The molecule has 1 saturated carbocycles. The monoisotopic (exact) mass is 358 g/mol. The van der Waals surface area contributed by atoms with Crippen LogP contribution in [0.1, 0.15) is 35.8 Å². The number of amides is 1. The van der Waals surface area contributed by atoms with Gasteiger partial charge >= 0.3 is 0 Å². The normalized spacial score (nSPS) is 16.5. The van der Waals surface area contributed by atoms with Gasteiger partial charge in [-0.1, -0.05) is 12.1 Å². The van der Waals surface area contributed by atoms with Crippen LogP contribution in [0.4, 0.5) is 4.39 Å². The predicted molar refractivity (Wildman–Crippen MR) is 99.2 cm³/mol. The Hall–Kier alpha value is -2.21. The maximum absolute atomic E-state index is 13.2. The van der Waals surface area contributed by atoms with Crippen molar-refractivity contribution in [1.29, 1.82) is 0 Å². The average Bonchev–Trinajstić information content (AvgIpc) is 3.26. The number of aromatic nitrogens is 2. The molecule has 0 radical (unpaired) electrons. The van der Waals surface area contributed by atoms with Crippen LogP contribution in [0, 0.1) is 25.1 Å². The SMILES string of the molecule is Cc1cc(C)n(CC2(CNC(=O)C(c3ccc(F)cc3)N(C)C)CC2)n1. The third kappa shape index (κ3) is 4.12. The van der Waals surface area contributed by atoms with E-state index in [1.807, 2.05) is 30.6 Å². The number of rotatable bonds is 7. The maximum Gasteiger partial charge on any atom is 0.241 e. The number of carbonyl (C=O) groups excluding carboxylic acids is 1. The number of aryl methyl sites for hydroxylation is 2. The van der Waals surface area contributed by atoms with E-state index in [2.05, 4.69) is 23.4 Å². The van der Waals surface area contributed by atoms with Crippen LogP contribution in [0.25, 0.3) is 0 Å². The molecule has 2 aromatic rings. The summed E-state index contributed by atoms with van der Waals surface area (Å²) in [6, 6.07) is 7.77. The molecule has 1 fully saturated rings. The number of nitrogens with one attached hydrogen (secondary N) is 1. The van der Waals surface area contributed by atoms with Crippen LogP contribution < -0.4 is 5.32 Å². The van der Waals surface area contributed by atoms with Crippen LogP contribution in [-0.4, -0.2) is 41.2 Å². The molecule has 6 heteroatoms. The Kier molecular flexibility index (Phi) is 5.14. The minimum absolute atomic E-state index is 0.0544. The highest BCUT2D eigenvalue weighted by atomic mass is 19.1. The van der Waals surface area contributed by atoms with Crippen molar-refractivity contribution in [2.75, 3.05) is 20.6 Å². The Bertz CT molecular complexity index is 778. The van der Waals surface area contributed by atoms with Gasteiger partial charge in [-0.2, -0.15) is 5.10 Å². The fourth-order valence-electron chi connectivity index (χ4n) is 3.42. The van der Waals surface area contributed by atoms with Crippen molar-refractivity contribution >= 4 is 5.91 Å². The van der Waals surface area contributed by atoms with Gasteiger partial charge in [0.1, 0.15) is 11.9 Å². The number of halogens is 1. The van der Waals surface area contributed by atoms with Crippen LogP contribution in [-0.2, 0) is 11.3 Å². The van der Waals surface area contributed by atoms with Crippen molar-refractivity contribution in [3.8, 4) is 0 Å². The largest absolute Gasteiger partial charge is 0.354 e. The highest BCUT2D eigenvalue weighted by Gasteiger charge is 2.44. The standard InChI is InChI=1S/C20H27FN4O/c1-14-11-15(2)25(23-14)13-20(9-10-20)12-22-19(26)18(24(3)4)16-5-7-17(21)8-6-16/h5-8,11,18H,9-10,12-13H2,1-4H3,(H,22,26). The number of likely N-dealkylation sites (N-methyl/N-ethyl adjacent to an activating group) is 1. The van der Waals surface area contributed by atoms with E-state index < -0.39 is 6.04 Å². The molecule has 1 atom stereocenters. The minimum atomic E-state index is -0.430. The predicted octanol–water partition coefficient (Wildman–Crippen LogP) is 2.84. The average molecular weight is 358 g/mol. The van der Waals surface area contributed by atoms with Gasteiger partial charge in [0, 0.05) is 24.2 Å². The summed E-state index contributed by atoms with van der Waals surface area (Å²) >= 11 is 0. The summed E-state index contributed by atoms with van der Waals surface area (Å²) in [5, 5.41) is 7.65. The molecule has 1 aromatic heterocycles. The zero-order valence-corrected chi connectivity index (χ0v) is 15.9. The molecule has 140 valence electrons. The summed E-state index contributed by atoms with van der Waals surface area (Å²) in [6.07, 6.45) is 2.18. The summed E-state index contributed by atoms with van der Waals surface area (Å²) in [5.41, 5.74) is 3.06. The van der Waals surface area contributed by atoms with E-state index in [1.54, 1.807) is 12.1 Å². The van der Waals surface area contributed by atoms with Gasteiger partial charge in [-0.05, 0) is 64.5 Å². The lowest BCUT2D eigenvalue weighted by atomic mass is 10.0. The zero-order valence-electron chi connectivity index (χ0n) is 15.9. The Morgan fingerprint density at radius 2 is 1.96 bits per heavy atom. The van der Waals surface area contributed by atoms with Gasteiger partial charge in [-0.3, -0.25) is 14.4 Å². The molecule has 1 N–H and O–H groups in total. The van der Waals surface area contributed by atoms with E-state index in [0.29, 0.717) is 6.54 Å². The maximum atomic E-state index is 13.2. The van der Waals surface area contributed by atoms with Crippen LogP contribution in [0.15, 0.2) is 30.3 Å². The summed E-state index contributed by atoms with van der Waals surface area (Å²) in [6.45, 7) is 5.52. The second-order valence-electron chi connectivity index (χ2n) is 7.72. The molecule has 0 saturated heterocycles. The van der Waals surface area contributed by atoms with E-state index >= 15 is 0 Å². The van der Waals surface area contributed by atoms with Gasteiger partial charge in [0.2, 0.25) is 5.91 Å². The van der Waals surface area contributed by atoms with Gasteiger partial charge in [-0.25, -0.2) is 4.39 Å². The van der Waals surface area contributed by atoms with Gasteiger partial charge in [0.25, 0.3) is 0 Å². The summed E-state index contributed by atoms with van der Waals surface area (Å²) in [4.78, 5) is 14.6. The molecule has 5 nitrogen and oxygen atoms in total. The van der Waals surface area contributed by atoms with E-state index in [-0.39, 0.29) is 17.1 Å². The van der Waals surface area contributed by atoms with Crippen molar-refractivity contribution < 1.29 is 9.18 Å². The minimum Gasteiger partial charge on any atom is -0.354 e. The van der Waals surface area contributed by atoms with Crippen molar-refractivity contribution in [2.24, 2.45) is 5.41 Å². The molecule has 0 aliphatic heterocycles. The Balaban J connectivity index is 1.64. The van der Waals surface area contributed by atoms with E-state index in [4.69, 9.17) is 0 Å². The van der Waals surface area contributed by atoms with Gasteiger partial charge < -0.3 is 5.32 Å². The number of nitrogens with zero attached hydrogens (tertiary/aromatic N) is 3. The second-order valence-corrected chi connectivity index (χ2v) is 7.72. The summed E-state index contributed by atoms with van der Waals surface area (Å²) in [7, 11) is 3.72. The molecule has 1 aromatic carbocycles. The first-order valence-corrected chi connectivity index (χ1v) is 9.00. The Labute approximate surface area is 154 Å². The molecular weight excluding hydrogens is 331 g/mol. The molecule has 0 spiro atoms. The van der Waals surface area contributed by atoms with Crippen molar-refractivity contribution in [3.63, 3.8) is 0 Å². The third-order valence-electron chi connectivity index (χ3n) is 5.13. The topological polar surface area (TPSA) is 50.2 Å². The molecule has 1 aliphatic rings. The number of carbonyl (C=O) groups is 1. The fourth-order valence-corrected chi connectivity index (χ4v) is 3.42. The Morgan fingerprint density at radius 1 is 1.31 bits per heavy atom. The molecule has 1 unspecified atom stereocenters. The molecule has 1 heterocycles. The fraction of sp³-hybridized carbons (Fsp3) is 0.500. The second kappa shape index (κ2) is 7.19. The summed E-state index contributed by atoms with van der Waals surface area (Å²) < 4.78 is 15.2. The van der Waals surface area contributed by atoms with Gasteiger partial charge in [-0.15, -0.1) is 0 Å². The smallest absolute Gasteiger partial charge is 0.241 e. The highest BCUT2D eigenvalue weighted by Crippen LogP contribution is 2.46. The first-order valence-electron chi connectivity index (χ1n) is 9.00. The molecule has 1 aliphatic carbocycles. The molecule has 3 rings (SSSR count). The van der Waals surface area contributed by atoms with Crippen LogP contribution in [0.5, 0.6) is 0 Å². The number of hydrogen-bond acceptors (Lipinski definition) is 3. The number of hydrogen-bond donors (Lipinski definition) is 1. The third-order valence-corrected chi connectivity index (χ3v) is 5.13. The summed E-state index contributed by atoms with van der Waals surface area (Å²) in [5.74, 6) is -0.352. The van der Waals surface area contributed by atoms with Crippen molar-refractivity contribution in [1.82, 2.24) is 20.0 Å².